The smallest absolute Gasteiger partial charge is 0.222 e. The predicted molar refractivity (Wildman–Crippen MR) is 60.6 cm³/mol. The summed E-state index contributed by atoms with van der Waals surface area (Å²) in [6.07, 6.45) is 1.50. The van der Waals surface area contributed by atoms with Gasteiger partial charge in [-0.3, -0.25) is 4.79 Å². The Labute approximate surface area is 102 Å². The third-order valence-electron chi connectivity index (χ3n) is 2.84. The standard InChI is InChI=1S/C12H13F3N2O/c13-7-4-9(14)12(10(15)5-7)17-8-2-1-3-16-11(18)6-8/h4-5,8,17H,1-3,6H2,(H,16,18). The molecule has 1 amide bonds. The van der Waals surface area contributed by atoms with Crippen molar-refractivity contribution in [2.75, 3.05) is 11.9 Å². The van der Waals surface area contributed by atoms with Gasteiger partial charge in [-0.2, -0.15) is 0 Å². The lowest BCUT2D eigenvalue weighted by atomic mass is 10.1. The highest BCUT2D eigenvalue weighted by Gasteiger charge is 2.20. The number of anilines is 1. The number of hydrogen-bond donors (Lipinski definition) is 2. The van der Waals surface area contributed by atoms with E-state index in [0.717, 1.165) is 6.42 Å². The fraction of sp³-hybridized carbons (Fsp3) is 0.417. The molecule has 0 radical (unpaired) electrons. The van der Waals surface area contributed by atoms with Crippen molar-refractivity contribution in [1.82, 2.24) is 5.32 Å². The summed E-state index contributed by atoms with van der Waals surface area (Å²) in [5, 5.41) is 5.31. The van der Waals surface area contributed by atoms with Gasteiger partial charge in [-0.1, -0.05) is 0 Å². The summed E-state index contributed by atoms with van der Waals surface area (Å²) < 4.78 is 39.6. The van der Waals surface area contributed by atoms with Crippen LogP contribution >= 0.6 is 0 Å². The second-order valence-corrected chi connectivity index (χ2v) is 4.28. The van der Waals surface area contributed by atoms with E-state index in [4.69, 9.17) is 0 Å². The Morgan fingerprint density at radius 2 is 1.89 bits per heavy atom. The molecule has 1 aliphatic heterocycles. The van der Waals surface area contributed by atoms with Gasteiger partial charge in [-0.15, -0.1) is 0 Å². The Kier molecular flexibility index (Phi) is 3.74. The largest absolute Gasteiger partial charge is 0.377 e. The fourth-order valence-electron chi connectivity index (χ4n) is 1.98. The Balaban J connectivity index is 2.15. The van der Waals surface area contributed by atoms with Crippen LogP contribution in [0, 0.1) is 17.5 Å². The summed E-state index contributed by atoms with van der Waals surface area (Å²) in [4.78, 5) is 11.3. The lowest BCUT2D eigenvalue weighted by Crippen LogP contribution is -2.27. The molecule has 6 heteroatoms. The lowest BCUT2D eigenvalue weighted by Gasteiger charge is -2.17. The van der Waals surface area contributed by atoms with Crippen molar-refractivity contribution in [1.29, 1.82) is 0 Å². The van der Waals surface area contributed by atoms with Crippen molar-refractivity contribution in [2.24, 2.45) is 0 Å². The van der Waals surface area contributed by atoms with Crippen LogP contribution in [0.4, 0.5) is 18.9 Å². The summed E-state index contributed by atoms with van der Waals surface area (Å²) in [5.41, 5.74) is -0.379. The van der Waals surface area contributed by atoms with Gasteiger partial charge >= 0.3 is 0 Å². The summed E-state index contributed by atoms with van der Waals surface area (Å²) >= 11 is 0. The zero-order chi connectivity index (χ0) is 13.1. The predicted octanol–water partition coefficient (Wildman–Crippen LogP) is 2.18. The number of benzene rings is 1. The SMILES string of the molecule is O=C1CC(Nc2c(F)cc(F)cc2F)CCCN1. The molecular weight excluding hydrogens is 245 g/mol. The molecular formula is C12H13F3N2O. The fourth-order valence-corrected chi connectivity index (χ4v) is 1.98. The summed E-state index contributed by atoms with van der Waals surface area (Å²) in [6.45, 7) is 0.561. The first kappa shape index (κ1) is 12.7. The molecule has 18 heavy (non-hydrogen) atoms. The van der Waals surface area contributed by atoms with Crippen molar-refractivity contribution < 1.29 is 18.0 Å². The highest BCUT2D eigenvalue weighted by Crippen LogP contribution is 2.23. The molecule has 98 valence electrons. The minimum atomic E-state index is -0.989. The molecule has 0 bridgehead atoms. The molecule has 0 spiro atoms. The molecule has 3 nitrogen and oxygen atoms in total. The summed E-state index contributed by atoms with van der Waals surface area (Å²) in [6, 6.07) is 0.881. The highest BCUT2D eigenvalue weighted by atomic mass is 19.1. The normalized spacial score (nSPS) is 20.2. The maximum Gasteiger partial charge on any atom is 0.222 e. The van der Waals surface area contributed by atoms with Crippen LogP contribution in [0.5, 0.6) is 0 Å². The third-order valence-corrected chi connectivity index (χ3v) is 2.84. The van der Waals surface area contributed by atoms with Crippen molar-refractivity contribution in [2.45, 2.75) is 25.3 Å². The van der Waals surface area contributed by atoms with E-state index in [1.807, 2.05) is 0 Å². The van der Waals surface area contributed by atoms with Crippen LogP contribution in [0.25, 0.3) is 0 Å². The molecule has 1 saturated heterocycles. The molecule has 1 heterocycles. The minimum absolute atomic E-state index is 0.149. The summed E-state index contributed by atoms with van der Waals surface area (Å²) in [5.74, 6) is -3.10. The topological polar surface area (TPSA) is 41.1 Å². The van der Waals surface area contributed by atoms with Gasteiger partial charge in [0.2, 0.25) is 5.91 Å². The van der Waals surface area contributed by atoms with Crippen LogP contribution < -0.4 is 10.6 Å². The Morgan fingerprint density at radius 3 is 2.56 bits per heavy atom. The van der Waals surface area contributed by atoms with E-state index in [-0.39, 0.29) is 24.1 Å². The van der Waals surface area contributed by atoms with Crippen LogP contribution in [0.3, 0.4) is 0 Å². The molecule has 1 aliphatic rings. The minimum Gasteiger partial charge on any atom is -0.377 e. The second-order valence-electron chi connectivity index (χ2n) is 4.28. The first-order chi connectivity index (χ1) is 8.56. The number of carbonyl (C=O) groups is 1. The zero-order valence-corrected chi connectivity index (χ0v) is 9.60. The maximum atomic E-state index is 13.4. The molecule has 1 aromatic carbocycles. The van der Waals surface area contributed by atoms with Gasteiger partial charge in [0.15, 0.2) is 11.6 Å². The van der Waals surface area contributed by atoms with E-state index in [2.05, 4.69) is 10.6 Å². The number of carbonyl (C=O) groups excluding carboxylic acids is 1. The van der Waals surface area contributed by atoms with E-state index in [0.29, 0.717) is 25.1 Å². The van der Waals surface area contributed by atoms with Crippen molar-refractivity contribution in [3.8, 4) is 0 Å². The molecule has 1 atom stereocenters. The second kappa shape index (κ2) is 5.29. The lowest BCUT2D eigenvalue weighted by molar-refractivity contribution is -0.120. The van der Waals surface area contributed by atoms with Crippen LogP contribution in [0.15, 0.2) is 12.1 Å². The Bertz CT molecular complexity index is 442. The van der Waals surface area contributed by atoms with E-state index in [1.165, 1.54) is 0 Å². The maximum absolute atomic E-state index is 13.4. The average molecular weight is 258 g/mol. The monoisotopic (exact) mass is 258 g/mol. The number of hydrogen-bond acceptors (Lipinski definition) is 2. The zero-order valence-electron chi connectivity index (χ0n) is 9.60. The van der Waals surface area contributed by atoms with E-state index in [1.54, 1.807) is 0 Å². The van der Waals surface area contributed by atoms with Gasteiger partial charge in [0.05, 0.1) is 0 Å². The average Bonchev–Trinajstić information content (AvgIpc) is 2.48. The summed E-state index contributed by atoms with van der Waals surface area (Å²) in [7, 11) is 0. The molecule has 2 rings (SSSR count). The first-order valence-electron chi connectivity index (χ1n) is 5.74. The van der Waals surface area contributed by atoms with Crippen LogP contribution in [0.2, 0.25) is 0 Å². The molecule has 2 N–H and O–H groups in total. The van der Waals surface area contributed by atoms with Crippen LogP contribution in [-0.4, -0.2) is 18.5 Å². The molecule has 0 aromatic heterocycles. The van der Waals surface area contributed by atoms with Crippen molar-refractivity contribution >= 4 is 11.6 Å². The van der Waals surface area contributed by atoms with Crippen molar-refractivity contribution in [3.05, 3.63) is 29.6 Å². The molecule has 1 fully saturated rings. The quantitative estimate of drug-likeness (QED) is 0.853. The van der Waals surface area contributed by atoms with Gasteiger partial charge in [0.25, 0.3) is 0 Å². The van der Waals surface area contributed by atoms with E-state index < -0.39 is 17.5 Å². The van der Waals surface area contributed by atoms with Crippen LogP contribution in [0.1, 0.15) is 19.3 Å². The van der Waals surface area contributed by atoms with Gasteiger partial charge in [-0.25, -0.2) is 13.2 Å². The van der Waals surface area contributed by atoms with Crippen molar-refractivity contribution in [3.63, 3.8) is 0 Å². The molecule has 1 unspecified atom stereocenters. The van der Waals surface area contributed by atoms with E-state index >= 15 is 0 Å². The first-order valence-corrected chi connectivity index (χ1v) is 5.74. The molecule has 1 aromatic rings. The third kappa shape index (κ3) is 2.94. The van der Waals surface area contributed by atoms with Gasteiger partial charge in [-0.05, 0) is 12.8 Å². The number of rotatable bonds is 2. The van der Waals surface area contributed by atoms with Crippen LogP contribution in [-0.2, 0) is 4.79 Å². The van der Waals surface area contributed by atoms with Gasteiger partial charge < -0.3 is 10.6 Å². The van der Waals surface area contributed by atoms with Gasteiger partial charge in [0, 0.05) is 31.1 Å². The van der Waals surface area contributed by atoms with E-state index in [9.17, 15) is 18.0 Å². The Hall–Kier alpha value is -1.72. The Morgan fingerprint density at radius 1 is 1.22 bits per heavy atom. The number of nitrogens with one attached hydrogen (secondary N) is 2. The highest BCUT2D eigenvalue weighted by molar-refractivity contribution is 5.77. The molecule has 0 saturated carbocycles. The number of halogens is 3. The molecule has 0 aliphatic carbocycles. The number of amides is 1. The van der Waals surface area contributed by atoms with Gasteiger partial charge in [0.1, 0.15) is 11.5 Å².